The van der Waals surface area contributed by atoms with Crippen LogP contribution in [-0.2, 0) is 5.75 Å². The summed E-state index contributed by atoms with van der Waals surface area (Å²) < 4.78 is 0.861. The average molecular weight is 259 g/mol. The second kappa shape index (κ2) is 4.69. The van der Waals surface area contributed by atoms with Crippen molar-refractivity contribution in [2.75, 3.05) is 0 Å². The normalized spacial score (nSPS) is 10.4. The van der Waals surface area contributed by atoms with Gasteiger partial charge in [-0.1, -0.05) is 23.1 Å². The molecule has 0 fully saturated rings. The summed E-state index contributed by atoms with van der Waals surface area (Å²) in [6.07, 6.45) is 0. The minimum Gasteiger partial charge on any atom is -0.476 e. The van der Waals surface area contributed by atoms with Gasteiger partial charge in [-0.2, -0.15) is 0 Å². The Morgan fingerprint density at radius 2 is 2.40 bits per heavy atom. The van der Waals surface area contributed by atoms with E-state index in [0.717, 1.165) is 21.4 Å². The van der Waals surface area contributed by atoms with Crippen LogP contribution in [0.15, 0.2) is 15.2 Å². The van der Waals surface area contributed by atoms with Crippen molar-refractivity contribution in [2.45, 2.75) is 10.1 Å². The molecule has 2 aromatic rings. The van der Waals surface area contributed by atoms with Crippen LogP contribution in [0.4, 0.5) is 0 Å². The summed E-state index contributed by atoms with van der Waals surface area (Å²) in [5.74, 6) is -0.355. The van der Waals surface area contributed by atoms with Crippen LogP contribution in [0, 0.1) is 0 Å². The van der Waals surface area contributed by atoms with Crippen LogP contribution < -0.4 is 0 Å². The largest absolute Gasteiger partial charge is 0.476 e. The fourth-order valence-corrected chi connectivity index (χ4v) is 2.97. The van der Waals surface area contributed by atoms with E-state index in [-0.39, 0.29) is 5.01 Å². The summed E-state index contributed by atoms with van der Waals surface area (Å²) in [6, 6.07) is 0. The lowest BCUT2D eigenvalue weighted by Crippen LogP contribution is -1.94. The highest BCUT2D eigenvalue weighted by atomic mass is 32.2. The van der Waals surface area contributed by atoms with Crippen LogP contribution in [0.3, 0.4) is 0 Å². The molecule has 0 saturated heterocycles. The van der Waals surface area contributed by atoms with Crippen molar-refractivity contribution in [1.29, 1.82) is 0 Å². The van der Waals surface area contributed by atoms with Crippen molar-refractivity contribution in [3.63, 3.8) is 0 Å². The summed E-state index contributed by atoms with van der Waals surface area (Å²) >= 11 is 4.09. The minimum atomic E-state index is -0.979. The van der Waals surface area contributed by atoms with Gasteiger partial charge >= 0.3 is 5.97 Å². The van der Waals surface area contributed by atoms with Gasteiger partial charge in [-0.05, 0) is 0 Å². The monoisotopic (exact) mass is 259 g/mol. The number of rotatable bonds is 4. The molecule has 0 unspecified atom stereocenters. The van der Waals surface area contributed by atoms with E-state index in [2.05, 4.69) is 15.2 Å². The van der Waals surface area contributed by atoms with E-state index in [9.17, 15) is 4.79 Å². The standard InChI is InChI=1S/C7H5N3O2S3/c11-6(12)5-9-4(1-13-5)2-14-7-10-8-3-15-7/h1,3H,2H2,(H,11,12). The number of carboxylic acids is 1. The molecule has 0 aliphatic rings. The number of carbonyl (C=O) groups is 1. The third kappa shape index (κ3) is 2.74. The molecular weight excluding hydrogens is 254 g/mol. The first kappa shape index (κ1) is 10.5. The van der Waals surface area contributed by atoms with Gasteiger partial charge in [-0.25, -0.2) is 9.78 Å². The first-order valence-electron chi connectivity index (χ1n) is 3.82. The molecule has 0 radical (unpaired) electrons. The lowest BCUT2D eigenvalue weighted by Gasteiger charge is -1.91. The maximum absolute atomic E-state index is 10.6. The number of thiazole rings is 1. The van der Waals surface area contributed by atoms with Gasteiger partial charge in [0.2, 0.25) is 5.01 Å². The van der Waals surface area contributed by atoms with E-state index < -0.39 is 5.97 Å². The topological polar surface area (TPSA) is 76.0 Å². The van der Waals surface area contributed by atoms with E-state index in [4.69, 9.17) is 5.11 Å². The molecule has 15 heavy (non-hydrogen) atoms. The zero-order valence-electron chi connectivity index (χ0n) is 7.28. The minimum absolute atomic E-state index is 0.128. The maximum Gasteiger partial charge on any atom is 0.365 e. The number of nitrogens with zero attached hydrogens (tertiary/aromatic N) is 3. The Labute approximate surface area is 97.2 Å². The van der Waals surface area contributed by atoms with Crippen molar-refractivity contribution in [1.82, 2.24) is 15.2 Å². The molecule has 0 aliphatic heterocycles. The van der Waals surface area contributed by atoms with Gasteiger partial charge in [-0.3, -0.25) is 0 Å². The first-order chi connectivity index (χ1) is 7.25. The number of hydrogen-bond acceptors (Lipinski definition) is 7. The van der Waals surface area contributed by atoms with Crippen LogP contribution in [-0.4, -0.2) is 26.3 Å². The molecule has 2 heterocycles. The van der Waals surface area contributed by atoms with Crippen molar-refractivity contribution in [3.05, 3.63) is 21.6 Å². The number of thioether (sulfide) groups is 1. The Bertz CT molecular complexity index is 454. The van der Waals surface area contributed by atoms with Gasteiger partial charge in [-0.15, -0.1) is 21.5 Å². The van der Waals surface area contributed by atoms with Crippen LogP contribution in [0.1, 0.15) is 15.5 Å². The van der Waals surface area contributed by atoms with Crippen molar-refractivity contribution >= 4 is 40.4 Å². The number of carboxylic acid groups (broad SMARTS) is 1. The Hall–Kier alpha value is -0.990. The van der Waals surface area contributed by atoms with E-state index in [1.165, 1.54) is 23.1 Å². The van der Waals surface area contributed by atoms with E-state index in [0.29, 0.717) is 5.75 Å². The molecule has 5 nitrogen and oxygen atoms in total. The first-order valence-corrected chi connectivity index (χ1v) is 6.57. The molecule has 8 heteroatoms. The Kier molecular flexibility index (Phi) is 3.29. The molecule has 0 bridgehead atoms. The van der Waals surface area contributed by atoms with Gasteiger partial charge in [0.05, 0.1) is 5.69 Å². The molecule has 0 atom stereocenters. The van der Waals surface area contributed by atoms with Crippen molar-refractivity contribution in [3.8, 4) is 0 Å². The molecule has 0 aliphatic carbocycles. The molecule has 1 N–H and O–H groups in total. The summed E-state index contributed by atoms with van der Waals surface area (Å²) in [7, 11) is 0. The van der Waals surface area contributed by atoms with E-state index in [1.54, 1.807) is 10.9 Å². The highest BCUT2D eigenvalue weighted by molar-refractivity contribution is 8.00. The van der Waals surface area contributed by atoms with Gasteiger partial charge in [0, 0.05) is 11.1 Å². The molecule has 0 amide bonds. The lowest BCUT2D eigenvalue weighted by molar-refractivity contribution is 0.0696. The second-order valence-corrected chi connectivity index (χ2v) is 5.36. The average Bonchev–Trinajstić information content (AvgIpc) is 2.86. The number of hydrogen-bond donors (Lipinski definition) is 1. The van der Waals surface area contributed by atoms with Crippen molar-refractivity contribution < 1.29 is 9.90 Å². The summed E-state index contributed by atoms with van der Waals surface area (Å²) in [5, 5.41) is 18.1. The fourth-order valence-electron chi connectivity index (χ4n) is 0.833. The van der Waals surface area contributed by atoms with Gasteiger partial charge in [0.15, 0.2) is 4.34 Å². The predicted octanol–water partition coefficient (Wildman–Crippen LogP) is 1.99. The van der Waals surface area contributed by atoms with Crippen molar-refractivity contribution in [2.24, 2.45) is 0 Å². The quantitative estimate of drug-likeness (QED) is 0.846. The molecule has 2 aromatic heterocycles. The SMILES string of the molecule is O=C(O)c1nc(CSc2nncs2)cs1. The van der Waals surface area contributed by atoms with Gasteiger partial charge < -0.3 is 5.11 Å². The summed E-state index contributed by atoms with van der Waals surface area (Å²) in [5.41, 5.74) is 2.42. The molecular formula is C7H5N3O2S3. The lowest BCUT2D eigenvalue weighted by atomic mass is 10.6. The second-order valence-electron chi connectivity index (χ2n) is 2.44. The summed E-state index contributed by atoms with van der Waals surface area (Å²) in [4.78, 5) is 14.5. The maximum atomic E-state index is 10.6. The third-order valence-corrected chi connectivity index (χ3v) is 4.19. The predicted molar refractivity (Wildman–Crippen MR) is 58.5 cm³/mol. The Balaban J connectivity index is 1.96. The van der Waals surface area contributed by atoms with E-state index in [1.807, 2.05) is 0 Å². The number of aromatic carboxylic acids is 1. The zero-order chi connectivity index (χ0) is 10.7. The van der Waals surface area contributed by atoms with Crippen LogP contribution in [0.5, 0.6) is 0 Å². The zero-order valence-corrected chi connectivity index (χ0v) is 9.73. The Morgan fingerprint density at radius 1 is 1.53 bits per heavy atom. The molecule has 78 valence electrons. The molecule has 0 aromatic carbocycles. The third-order valence-electron chi connectivity index (χ3n) is 1.42. The van der Waals surface area contributed by atoms with Gasteiger partial charge in [0.1, 0.15) is 5.51 Å². The van der Waals surface area contributed by atoms with Crippen LogP contribution in [0.2, 0.25) is 0 Å². The Morgan fingerprint density at radius 3 is 3.00 bits per heavy atom. The number of aromatic nitrogens is 3. The van der Waals surface area contributed by atoms with Crippen LogP contribution >= 0.6 is 34.4 Å². The summed E-state index contributed by atoms with van der Waals surface area (Å²) in [6.45, 7) is 0. The molecule has 2 rings (SSSR count). The highest BCUT2D eigenvalue weighted by Crippen LogP contribution is 2.24. The smallest absolute Gasteiger partial charge is 0.365 e. The van der Waals surface area contributed by atoms with Crippen LogP contribution in [0.25, 0.3) is 0 Å². The molecule has 0 spiro atoms. The van der Waals surface area contributed by atoms with E-state index >= 15 is 0 Å². The fraction of sp³-hybridized carbons (Fsp3) is 0.143. The molecule has 0 saturated carbocycles. The highest BCUT2D eigenvalue weighted by Gasteiger charge is 2.09. The van der Waals surface area contributed by atoms with Gasteiger partial charge in [0.25, 0.3) is 0 Å².